The first-order chi connectivity index (χ1) is 15.5. The van der Waals surface area contributed by atoms with Crippen LogP contribution in [0.25, 0.3) is 5.52 Å². The van der Waals surface area contributed by atoms with Gasteiger partial charge in [0, 0.05) is 65.0 Å². The van der Waals surface area contributed by atoms with E-state index in [1.807, 2.05) is 13.3 Å². The largest absolute Gasteiger partial charge is 0.381 e. The number of piperazine rings is 1. The fourth-order valence-corrected chi connectivity index (χ4v) is 5.20. The van der Waals surface area contributed by atoms with Crippen molar-refractivity contribution in [2.24, 2.45) is 5.92 Å². The van der Waals surface area contributed by atoms with Gasteiger partial charge >= 0.3 is 6.03 Å². The Kier molecular flexibility index (Phi) is 5.88. The molecule has 172 valence electrons. The number of fused-ring (bicyclic) bond motifs is 1. The predicted molar refractivity (Wildman–Crippen MR) is 121 cm³/mol. The molecule has 0 aromatic carbocycles. The highest BCUT2D eigenvalue weighted by Gasteiger charge is 2.33. The molecule has 1 N–H and O–H groups in total. The maximum absolute atomic E-state index is 12.3. The Balaban J connectivity index is 1.22. The number of methoxy groups -OCH3 is 1. The highest BCUT2D eigenvalue weighted by Crippen LogP contribution is 2.31. The number of imide groups is 1. The van der Waals surface area contributed by atoms with E-state index < -0.39 is 0 Å². The van der Waals surface area contributed by atoms with E-state index in [9.17, 15) is 9.59 Å². The molecule has 32 heavy (non-hydrogen) atoms. The van der Waals surface area contributed by atoms with Crippen LogP contribution in [0.4, 0.5) is 10.5 Å². The predicted octanol–water partition coefficient (Wildman–Crippen LogP) is 1.71. The number of anilines is 1. The minimum absolute atomic E-state index is 0.229. The zero-order valence-electron chi connectivity index (χ0n) is 18.9. The summed E-state index contributed by atoms with van der Waals surface area (Å²) < 4.78 is 7.21. The Morgan fingerprint density at radius 2 is 2.06 bits per heavy atom. The van der Waals surface area contributed by atoms with Crippen molar-refractivity contribution in [2.75, 3.05) is 44.7 Å². The molecule has 1 saturated carbocycles. The molecule has 0 spiro atoms. The molecule has 0 bridgehead atoms. The lowest BCUT2D eigenvalue weighted by atomic mass is 9.81. The topological polar surface area (TPSA) is 82.4 Å². The first kappa shape index (κ1) is 21.4. The van der Waals surface area contributed by atoms with E-state index in [4.69, 9.17) is 4.74 Å². The number of carbonyl (C=O) groups excluding carboxylic acids is 2. The molecule has 2 aliphatic heterocycles. The molecule has 3 amide bonds. The molecule has 3 aliphatic rings. The molecular weight excluding hydrogens is 408 g/mol. The van der Waals surface area contributed by atoms with Gasteiger partial charge in [-0.2, -0.15) is 5.10 Å². The van der Waals surface area contributed by atoms with Gasteiger partial charge in [0.25, 0.3) is 0 Å². The Bertz CT molecular complexity index is 1000. The molecule has 1 aliphatic carbocycles. The second kappa shape index (κ2) is 8.80. The Morgan fingerprint density at radius 3 is 2.81 bits per heavy atom. The van der Waals surface area contributed by atoms with E-state index in [2.05, 4.69) is 39.3 Å². The van der Waals surface area contributed by atoms with E-state index in [1.54, 1.807) is 15.6 Å². The fourth-order valence-electron chi connectivity index (χ4n) is 5.20. The van der Waals surface area contributed by atoms with Crippen LogP contribution >= 0.6 is 0 Å². The highest BCUT2D eigenvalue weighted by molar-refractivity contribution is 6.07. The van der Waals surface area contributed by atoms with Gasteiger partial charge in [0.1, 0.15) is 0 Å². The third-order valence-electron chi connectivity index (χ3n) is 7.18. The van der Waals surface area contributed by atoms with Crippen molar-refractivity contribution < 1.29 is 14.3 Å². The second-order valence-corrected chi connectivity index (χ2v) is 9.42. The number of pyridine rings is 1. The summed E-state index contributed by atoms with van der Waals surface area (Å²) in [6, 6.07) is 4.37. The van der Waals surface area contributed by atoms with Crippen LogP contribution in [-0.2, 0) is 16.1 Å². The molecule has 9 nitrogen and oxygen atoms in total. The zero-order chi connectivity index (χ0) is 22.2. The van der Waals surface area contributed by atoms with E-state index in [-0.39, 0.29) is 11.9 Å². The summed E-state index contributed by atoms with van der Waals surface area (Å²) in [6.07, 6.45) is 6.81. The summed E-state index contributed by atoms with van der Waals surface area (Å²) in [5, 5.41) is 6.78. The average Bonchev–Trinajstić information content (AvgIpc) is 3.15. The van der Waals surface area contributed by atoms with Gasteiger partial charge in [-0.3, -0.25) is 24.8 Å². The number of ether oxygens (including phenoxy) is 1. The summed E-state index contributed by atoms with van der Waals surface area (Å²) in [5.74, 6) is 0.548. The molecule has 4 heterocycles. The standard InChI is InChI=1S/C23H32N6O3/c1-16-13-26(7-8-27(16)15-18-9-19(10-18)32-2)14-17-3-6-29-20(11-17)21(12-24-29)28-5-4-22(30)25-23(28)31/h3,6,11-12,16,18-19H,4-5,7-10,13-15H2,1-2H3,(H,25,30,31)/t16-,18-,19-/m0/s1. The molecule has 2 aromatic rings. The van der Waals surface area contributed by atoms with Gasteiger partial charge < -0.3 is 4.74 Å². The van der Waals surface area contributed by atoms with Crippen LogP contribution in [0.15, 0.2) is 24.5 Å². The number of aromatic nitrogens is 2. The summed E-state index contributed by atoms with van der Waals surface area (Å²) in [7, 11) is 1.81. The molecule has 9 heteroatoms. The number of hydrogen-bond acceptors (Lipinski definition) is 6. The lowest BCUT2D eigenvalue weighted by Gasteiger charge is -2.44. The third-order valence-corrected chi connectivity index (χ3v) is 7.18. The molecule has 0 unspecified atom stereocenters. The number of urea groups is 1. The van der Waals surface area contributed by atoms with Crippen molar-refractivity contribution in [2.45, 2.75) is 44.9 Å². The molecule has 2 saturated heterocycles. The Labute approximate surface area is 188 Å². The smallest absolute Gasteiger partial charge is 0.328 e. The lowest BCUT2D eigenvalue weighted by molar-refractivity contribution is -0.120. The third kappa shape index (κ3) is 4.24. The number of rotatable bonds is 6. The maximum Gasteiger partial charge on any atom is 0.328 e. The van der Waals surface area contributed by atoms with Crippen molar-refractivity contribution in [3.63, 3.8) is 0 Å². The van der Waals surface area contributed by atoms with Crippen molar-refractivity contribution in [3.05, 3.63) is 30.1 Å². The van der Waals surface area contributed by atoms with Crippen LogP contribution in [0.5, 0.6) is 0 Å². The van der Waals surface area contributed by atoms with Crippen molar-refractivity contribution in [1.29, 1.82) is 0 Å². The van der Waals surface area contributed by atoms with Crippen LogP contribution in [0, 0.1) is 5.92 Å². The van der Waals surface area contributed by atoms with Crippen LogP contribution in [0.1, 0.15) is 31.7 Å². The summed E-state index contributed by atoms with van der Waals surface area (Å²) in [4.78, 5) is 30.5. The number of carbonyl (C=O) groups is 2. The minimum Gasteiger partial charge on any atom is -0.381 e. The van der Waals surface area contributed by atoms with Gasteiger partial charge in [-0.05, 0) is 43.4 Å². The summed E-state index contributed by atoms with van der Waals surface area (Å²) in [6.45, 7) is 7.96. The minimum atomic E-state index is -0.380. The molecule has 3 fully saturated rings. The van der Waals surface area contributed by atoms with E-state index >= 15 is 0 Å². The van der Waals surface area contributed by atoms with Gasteiger partial charge in [-0.1, -0.05) is 0 Å². The van der Waals surface area contributed by atoms with Crippen LogP contribution < -0.4 is 10.2 Å². The zero-order valence-corrected chi connectivity index (χ0v) is 18.9. The lowest BCUT2D eigenvalue weighted by Crippen LogP contribution is -2.54. The average molecular weight is 441 g/mol. The van der Waals surface area contributed by atoms with E-state index in [1.165, 1.54) is 24.9 Å². The summed E-state index contributed by atoms with van der Waals surface area (Å²) in [5.41, 5.74) is 2.83. The highest BCUT2D eigenvalue weighted by atomic mass is 16.5. The van der Waals surface area contributed by atoms with Gasteiger partial charge in [0.15, 0.2) is 0 Å². The van der Waals surface area contributed by atoms with E-state index in [0.29, 0.717) is 25.1 Å². The molecule has 1 atom stereocenters. The monoisotopic (exact) mass is 440 g/mol. The molecule has 2 aromatic heterocycles. The van der Waals surface area contributed by atoms with Crippen LogP contribution in [0.2, 0.25) is 0 Å². The van der Waals surface area contributed by atoms with Gasteiger partial charge in [0.05, 0.1) is 23.5 Å². The number of nitrogens with one attached hydrogen (secondary N) is 1. The second-order valence-electron chi connectivity index (χ2n) is 9.42. The summed E-state index contributed by atoms with van der Waals surface area (Å²) >= 11 is 0. The van der Waals surface area contributed by atoms with Crippen molar-refractivity contribution in [1.82, 2.24) is 24.7 Å². The van der Waals surface area contributed by atoms with Gasteiger partial charge in [0.2, 0.25) is 5.91 Å². The maximum atomic E-state index is 12.3. The van der Waals surface area contributed by atoms with E-state index in [0.717, 1.165) is 43.3 Å². The SMILES string of the molecule is CO[C@H]1C[C@H](CN2CCN(Cc3ccn4ncc(N5CCC(=O)NC5=O)c4c3)C[C@@H]2C)C1. The Hall–Kier alpha value is -2.49. The first-order valence-electron chi connectivity index (χ1n) is 11.6. The number of hydrogen-bond donors (Lipinski definition) is 1. The van der Waals surface area contributed by atoms with Crippen LogP contribution in [-0.4, -0.2) is 83.3 Å². The van der Waals surface area contributed by atoms with Crippen LogP contribution in [0.3, 0.4) is 0 Å². The Morgan fingerprint density at radius 1 is 1.22 bits per heavy atom. The normalized spacial score (nSPS) is 27.6. The van der Waals surface area contributed by atoms with Crippen molar-refractivity contribution >= 4 is 23.1 Å². The quantitative estimate of drug-likeness (QED) is 0.737. The van der Waals surface area contributed by atoms with Crippen molar-refractivity contribution in [3.8, 4) is 0 Å². The van der Waals surface area contributed by atoms with Gasteiger partial charge in [-0.25, -0.2) is 9.31 Å². The fraction of sp³-hybridized carbons (Fsp3) is 0.609. The molecule has 5 rings (SSSR count). The number of nitrogens with zero attached hydrogens (tertiary/aromatic N) is 5. The first-order valence-corrected chi connectivity index (χ1v) is 11.6. The molecular formula is C23H32N6O3. The number of amides is 3. The molecule has 0 radical (unpaired) electrons. The van der Waals surface area contributed by atoms with Gasteiger partial charge in [-0.15, -0.1) is 0 Å².